The van der Waals surface area contributed by atoms with Crippen molar-refractivity contribution in [1.82, 2.24) is 64.8 Å². The molecule has 4 N–H and O–H groups in total. The molecule has 0 atom stereocenters. The molecule has 16 aromatic carbocycles. The fourth-order valence-corrected chi connectivity index (χ4v) is 16.1. The van der Waals surface area contributed by atoms with Crippen LogP contribution in [0, 0.1) is 24.3 Å². The Balaban J connectivity index is 0.000000133. The summed E-state index contributed by atoms with van der Waals surface area (Å²) in [6.07, 6.45) is 8.76. The summed E-state index contributed by atoms with van der Waals surface area (Å²) in [4.78, 5) is 60.5. The van der Waals surface area contributed by atoms with E-state index >= 15 is 0 Å². The first-order valence-electron chi connectivity index (χ1n) is 45.9. The number of phenols is 4. The molecule has 0 aliphatic carbocycles. The smallest absolute Gasteiger partial charge is 0.225 e. The van der Waals surface area contributed by atoms with Crippen LogP contribution in [0.1, 0.15) is 0 Å². The molecule has 8 aromatic heterocycles. The van der Waals surface area contributed by atoms with E-state index in [2.05, 4.69) is 54.2 Å². The maximum absolute atomic E-state index is 10.6. The normalized spacial score (nSPS) is 10.6. The zero-order valence-electron chi connectivity index (χ0n) is 77.8. The fourth-order valence-electron chi connectivity index (χ4n) is 16.1. The van der Waals surface area contributed by atoms with E-state index in [9.17, 15) is 20.4 Å². The minimum absolute atomic E-state index is 0. The van der Waals surface area contributed by atoms with Crippen molar-refractivity contribution in [2.45, 2.75) is 0 Å². The maximum Gasteiger partial charge on any atom is 0.225 e. The third kappa shape index (κ3) is 24.3. The Morgan fingerprint density at radius 1 is 0.196 bits per heavy atom. The van der Waals surface area contributed by atoms with Gasteiger partial charge in [0.05, 0.1) is 51.2 Å². The molecule has 24 aromatic rings. The van der Waals surface area contributed by atoms with Crippen molar-refractivity contribution in [3.63, 3.8) is 0 Å². The van der Waals surface area contributed by atoms with E-state index < -0.39 is 0 Å². The molecule has 21 nitrogen and oxygen atoms in total. The standard InChI is InChI=1S/3C31H20N3O2.C30H19N4O2.4Pt/c35-28-16-7-6-15-26(28)30-29(22-10-2-1-3-11-22)33-20-27(34-30)23-12-8-13-24(19-23)36-31-25-14-5-4-9-21(25)17-18-32-31;35-29-16-7-6-15-26(29)28-19-27(21-9-2-1-3-10-21)33-31(34-28)23-13-8-14-25(17-23)36-30-18-22-11-4-5-12-24(22)20-32-30;35-29-16-7-6-15-26(29)31-33-27(21-9-2-1-3-10-21)19-28(34-31)23-13-8-14-25(17-23)36-30-18-22-11-4-5-12-24(22)20-32-30;35-26-16-7-6-15-25(26)29-33-27(21-10-2-1-3-11-21)32-28(34-29)22-12-8-13-23(19-22)36-30-24-14-5-4-9-20(24)17-18-31-30;;;;/h1-18,20,35H;2*1-16,18-20,35H;1-18,35H;;;;/q4*-1;;;;. The second-order valence-electron chi connectivity index (χ2n) is 32.8. The van der Waals surface area contributed by atoms with Gasteiger partial charge in [-0.2, -0.15) is 0 Å². The third-order valence-corrected chi connectivity index (χ3v) is 23.1. The van der Waals surface area contributed by atoms with Crippen LogP contribution in [0.15, 0.2) is 456 Å². The molecular formula is C123H79N13O8Pt4-4. The topological polar surface area (TPSA) is 285 Å². The summed E-state index contributed by atoms with van der Waals surface area (Å²) >= 11 is 0. The Hall–Kier alpha value is -17.4. The number of ether oxygens (including phenoxy) is 4. The van der Waals surface area contributed by atoms with Crippen LogP contribution in [-0.2, 0) is 84.3 Å². The van der Waals surface area contributed by atoms with E-state index in [0.717, 1.165) is 87.9 Å². The largest absolute Gasteiger partial charge is 0.507 e. The SMILES string of the molecule is Oc1ccccc1-c1cc(-c2ccccc2)nc(-c2[c-]c(Oc3cc4ccccc4cn3)ccc2)n1.Oc1ccccc1-c1nc(-c2[c-]c(Oc3cc4ccccc4cn3)ccc2)cc(-c2ccccc2)n1.Oc1ccccc1-c1nc(-c2[c-]c(Oc3nccc4ccccc34)ccc2)cnc1-c1ccccc1.Oc1ccccc1-c1nc(-c2[c-]c(Oc3nccc4ccccc34)ccc2)nc(-c2ccccc2)n1.[Pt].[Pt].[Pt].[Pt]. The van der Waals surface area contributed by atoms with Crippen molar-refractivity contribution in [3.05, 3.63) is 480 Å². The average molecular weight is 2650 g/mol. The van der Waals surface area contributed by atoms with Crippen LogP contribution in [0.25, 0.3) is 179 Å². The summed E-state index contributed by atoms with van der Waals surface area (Å²) in [5.41, 5.74) is 13.4. The van der Waals surface area contributed by atoms with E-state index in [4.69, 9.17) is 53.8 Å². The Labute approximate surface area is 908 Å². The van der Waals surface area contributed by atoms with E-state index in [-0.39, 0.29) is 107 Å². The van der Waals surface area contributed by atoms with Gasteiger partial charge >= 0.3 is 0 Å². The first-order chi connectivity index (χ1) is 71.0. The van der Waals surface area contributed by atoms with Gasteiger partial charge in [-0.05, 0) is 117 Å². The Kier molecular flexibility index (Phi) is 33.3. The molecule has 0 saturated carbocycles. The second kappa shape index (κ2) is 48.3. The summed E-state index contributed by atoms with van der Waals surface area (Å²) < 4.78 is 24.3. The fraction of sp³-hybridized carbons (Fsp3) is 0. The molecule has 0 amide bonds. The van der Waals surface area contributed by atoms with Gasteiger partial charge in [0.15, 0.2) is 17.5 Å². The number of para-hydroxylation sites is 4. The zero-order valence-corrected chi connectivity index (χ0v) is 86.9. The van der Waals surface area contributed by atoms with E-state index in [0.29, 0.717) is 137 Å². The molecule has 0 aliphatic heterocycles. The number of benzene rings is 16. The second-order valence-corrected chi connectivity index (χ2v) is 32.8. The minimum Gasteiger partial charge on any atom is -0.507 e. The van der Waals surface area contributed by atoms with Crippen molar-refractivity contribution in [1.29, 1.82) is 0 Å². The molecule has 0 spiro atoms. The summed E-state index contributed by atoms with van der Waals surface area (Å²) in [5.74, 6) is 6.73. The molecule has 25 heteroatoms. The van der Waals surface area contributed by atoms with Crippen molar-refractivity contribution in [2.75, 3.05) is 0 Å². The van der Waals surface area contributed by atoms with E-state index in [1.807, 2.05) is 364 Å². The number of hydrogen-bond donors (Lipinski definition) is 4. The monoisotopic (exact) mass is 2650 g/mol. The first kappa shape index (κ1) is 102. The Morgan fingerprint density at radius 3 is 1.01 bits per heavy atom. The number of nitrogens with zero attached hydrogens (tertiary/aromatic N) is 13. The van der Waals surface area contributed by atoms with Crippen LogP contribution in [0.4, 0.5) is 0 Å². The van der Waals surface area contributed by atoms with Gasteiger partial charge in [0, 0.05) is 200 Å². The van der Waals surface area contributed by atoms with Crippen LogP contribution in [0.2, 0.25) is 0 Å². The van der Waals surface area contributed by atoms with Crippen LogP contribution in [0.3, 0.4) is 0 Å². The minimum atomic E-state index is 0. The first-order valence-corrected chi connectivity index (χ1v) is 45.9. The van der Waals surface area contributed by atoms with Crippen LogP contribution in [-0.4, -0.2) is 85.2 Å². The molecule has 0 aliphatic rings. The van der Waals surface area contributed by atoms with Gasteiger partial charge in [0.25, 0.3) is 0 Å². The van der Waals surface area contributed by atoms with E-state index in [1.54, 1.807) is 91.6 Å². The average Bonchev–Trinajstić information content (AvgIpc) is 0.775. The number of phenolic OH excluding ortho intramolecular Hbond substituents is 4. The maximum atomic E-state index is 10.6. The quantitative estimate of drug-likeness (QED) is 0.0516. The van der Waals surface area contributed by atoms with E-state index in [1.165, 1.54) is 0 Å². The number of rotatable bonds is 20. The predicted molar refractivity (Wildman–Crippen MR) is 560 cm³/mol. The molecule has 0 fully saturated rings. The summed E-state index contributed by atoms with van der Waals surface area (Å²) in [6, 6.07) is 147. The van der Waals surface area contributed by atoms with Gasteiger partial charge in [0.2, 0.25) is 23.5 Å². The molecule has 24 rings (SSSR count). The third-order valence-electron chi connectivity index (χ3n) is 23.1. The number of pyridine rings is 4. The number of aromatic nitrogens is 13. The van der Waals surface area contributed by atoms with Gasteiger partial charge in [0.1, 0.15) is 23.0 Å². The molecule has 0 unspecified atom stereocenters. The molecule has 8 heterocycles. The van der Waals surface area contributed by atoms with Crippen LogP contribution in [0.5, 0.6) is 69.5 Å². The van der Waals surface area contributed by atoms with Crippen LogP contribution < -0.4 is 18.9 Å². The molecule has 0 saturated heterocycles. The van der Waals surface area contributed by atoms with Gasteiger partial charge in [-0.3, -0.25) is 34.9 Å². The number of fused-ring (bicyclic) bond motifs is 4. The van der Waals surface area contributed by atoms with Gasteiger partial charge < -0.3 is 39.4 Å². The Morgan fingerprint density at radius 2 is 0.534 bits per heavy atom. The number of hydrogen-bond acceptors (Lipinski definition) is 21. The molecule has 728 valence electrons. The molecule has 148 heavy (non-hydrogen) atoms. The van der Waals surface area contributed by atoms with Gasteiger partial charge in [-0.1, -0.05) is 285 Å². The molecular weight excluding hydrogens is 2570 g/mol. The molecule has 0 radical (unpaired) electrons. The summed E-state index contributed by atoms with van der Waals surface area (Å²) in [7, 11) is 0. The predicted octanol–water partition coefficient (Wildman–Crippen LogP) is 28.7. The van der Waals surface area contributed by atoms with Crippen molar-refractivity contribution < 1.29 is 124 Å². The zero-order chi connectivity index (χ0) is 97.3. The van der Waals surface area contributed by atoms with Crippen molar-refractivity contribution >= 4 is 43.1 Å². The van der Waals surface area contributed by atoms with Gasteiger partial charge in [-0.25, -0.2) is 29.9 Å². The van der Waals surface area contributed by atoms with Crippen LogP contribution >= 0.6 is 0 Å². The number of aromatic hydroxyl groups is 4. The Bertz CT molecular complexity index is 8520. The van der Waals surface area contributed by atoms with Crippen molar-refractivity contribution in [3.8, 4) is 205 Å². The van der Waals surface area contributed by atoms with Crippen molar-refractivity contribution in [2.24, 2.45) is 0 Å². The summed E-state index contributed by atoms with van der Waals surface area (Å²) in [6.45, 7) is 0. The van der Waals surface area contributed by atoms with Gasteiger partial charge in [-0.15, -0.1) is 95.1 Å². The summed E-state index contributed by atoms with van der Waals surface area (Å²) in [5, 5.41) is 50.1. The molecule has 0 bridgehead atoms.